The van der Waals surface area contributed by atoms with Gasteiger partial charge in [-0.25, -0.2) is 0 Å². The van der Waals surface area contributed by atoms with Crippen molar-refractivity contribution >= 4 is 6.29 Å². The molecule has 0 aliphatic heterocycles. The fourth-order valence-corrected chi connectivity index (χ4v) is 1.25. The number of hydrogen-bond donors (Lipinski definition) is 0. The van der Waals surface area contributed by atoms with E-state index in [0.717, 1.165) is 32.0 Å². The Hall–Kier alpha value is -1.11. The standard InChI is InChI=1S/C14H22O/c1-12(2)7-5-8-13(3)9-6-10-14(4)11-15/h7,9,11H,4-6,8,10H2,1-3H3/b13-9-. The van der Waals surface area contributed by atoms with Crippen LogP contribution >= 0.6 is 0 Å². The maximum absolute atomic E-state index is 10.3. The lowest BCUT2D eigenvalue weighted by molar-refractivity contribution is -0.105. The topological polar surface area (TPSA) is 17.1 Å². The van der Waals surface area contributed by atoms with Gasteiger partial charge in [-0.05, 0) is 52.0 Å². The molecule has 0 fully saturated rings. The van der Waals surface area contributed by atoms with Crippen LogP contribution in [0.3, 0.4) is 0 Å². The van der Waals surface area contributed by atoms with E-state index in [2.05, 4.69) is 39.5 Å². The predicted molar refractivity (Wildman–Crippen MR) is 66.9 cm³/mol. The summed E-state index contributed by atoms with van der Waals surface area (Å²) in [6, 6.07) is 0. The second kappa shape index (κ2) is 8.22. The largest absolute Gasteiger partial charge is 0.298 e. The lowest BCUT2D eigenvalue weighted by Gasteiger charge is -1.99. The zero-order valence-corrected chi connectivity index (χ0v) is 10.2. The summed E-state index contributed by atoms with van der Waals surface area (Å²) in [5, 5.41) is 0. The van der Waals surface area contributed by atoms with Gasteiger partial charge in [0.05, 0.1) is 0 Å². The molecule has 0 bridgehead atoms. The number of carbonyl (C=O) groups is 1. The second-order valence-electron chi connectivity index (χ2n) is 4.19. The second-order valence-corrected chi connectivity index (χ2v) is 4.19. The Kier molecular flexibility index (Phi) is 7.61. The summed E-state index contributed by atoms with van der Waals surface area (Å²) in [6.07, 6.45) is 9.22. The molecule has 0 aliphatic carbocycles. The molecule has 0 atom stereocenters. The lowest BCUT2D eigenvalue weighted by Crippen LogP contribution is -1.82. The Morgan fingerprint density at radius 2 is 1.67 bits per heavy atom. The smallest absolute Gasteiger partial charge is 0.145 e. The summed E-state index contributed by atoms with van der Waals surface area (Å²) in [5.41, 5.74) is 3.45. The summed E-state index contributed by atoms with van der Waals surface area (Å²) in [6.45, 7) is 10.0. The number of allylic oxidation sites excluding steroid dienone is 5. The van der Waals surface area contributed by atoms with E-state index in [0.29, 0.717) is 5.57 Å². The van der Waals surface area contributed by atoms with Crippen LogP contribution in [0, 0.1) is 0 Å². The van der Waals surface area contributed by atoms with Crippen LogP contribution in [-0.2, 0) is 4.79 Å². The first-order valence-corrected chi connectivity index (χ1v) is 5.48. The summed E-state index contributed by atoms with van der Waals surface area (Å²) < 4.78 is 0. The van der Waals surface area contributed by atoms with Gasteiger partial charge in [-0.2, -0.15) is 0 Å². The molecule has 0 unspecified atom stereocenters. The molecule has 1 heteroatoms. The zero-order chi connectivity index (χ0) is 11.7. The Labute approximate surface area is 93.6 Å². The average Bonchev–Trinajstić information content (AvgIpc) is 2.17. The summed E-state index contributed by atoms with van der Waals surface area (Å²) >= 11 is 0. The van der Waals surface area contributed by atoms with E-state index in [-0.39, 0.29) is 0 Å². The van der Waals surface area contributed by atoms with Gasteiger partial charge in [0, 0.05) is 0 Å². The highest BCUT2D eigenvalue weighted by molar-refractivity contribution is 5.71. The van der Waals surface area contributed by atoms with Gasteiger partial charge in [0.2, 0.25) is 0 Å². The molecule has 0 aromatic rings. The van der Waals surface area contributed by atoms with Gasteiger partial charge in [-0.1, -0.05) is 29.9 Å². The quantitative estimate of drug-likeness (QED) is 0.346. The Morgan fingerprint density at radius 3 is 2.20 bits per heavy atom. The van der Waals surface area contributed by atoms with E-state index >= 15 is 0 Å². The molecule has 0 radical (unpaired) electrons. The van der Waals surface area contributed by atoms with Crippen molar-refractivity contribution < 1.29 is 4.79 Å². The molecule has 0 heterocycles. The molecule has 1 nitrogen and oxygen atoms in total. The summed E-state index contributed by atoms with van der Waals surface area (Å²) in [4.78, 5) is 10.3. The van der Waals surface area contributed by atoms with E-state index in [1.165, 1.54) is 11.1 Å². The molecule has 0 aromatic heterocycles. The number of hydrogen-bond acceptors (Lipinski definition) is 1. The predicted octanol–water partition coefficient (Wildman–Crippen LogP) is 4.21. The van der Waals surface area contributed by atoms with Crippen molar-refractivity contribution in [2.75, 3.05) is 0 Å². The van der Waals surface area contributed by atoms with Crippen molar-refractivity contribution in [1.82, 2.24) is 0 Å². The Bertz CT molecular complexity index is 265. The van der Waals surface area contributed by atoms with Crippen molar-refractivity contribution in [3.8, 4) is 0 Å². The van der Waals surface area contributed by atoms with Gasteiger partial charge < -0.3 is 0 Å². The maximum Gasteiger partial charge on any atom is 0.145 e. The van der Waals surface area contributed by atoms with Gasteiger partial charge in [-0.3, -0.25) is 4.79 Å². The number of rotatable bonds is 7. The van der Waals surface area contributed by atoms with Gasteiger partial charge >= 0.3 is 0 Å². The highest BCUT2D eigenvalue weighted by Gasteiger charge is 1.91. The van der Waals surface area contributed by atoms with Crippen LogP contribution in [0.5, 0.6) is 0 Å². The van der Waals surface area contributed by atoms with Gasteiger partial charge in [-0.15, -0.1) is 0 Å². The molecule has 0 aromatic carbocycles. The molecular weight excluding hydrogens is 184 g/mol. The van der Waals surface area contributed by atoms with Crippen LogP contribution in [0.4, 0.5) is 0 Å². The van der Waals surface area contributed by atoms with E-state index in [1.54, 1.807) is 0 Å². The zero-order valence-electron chi connectivity index (χ0n) is 10.2. The maximum atomic E-state index is 10.3. The number of carbonyl (C=O) groups excluding carboxylic acids is 1. The normalized spacial score (nSPS) is 11.0. The van der Waals surface area contributed by atoms with Gasteiger partial charge in [0.1, 0.15) is 6.29 Å². The minimum Gasteiger partial charge on any atom is -0.298 e. The third kappa shape index (κ3) is 9.20. The summed E-state index contributed by atoms with van der Waals surface area (Å²) in [5.74, 6) is 0. The van der Waals surface area contributed by atoms with Crippen molar-refractivity contribution in [3.63, 3.8) is 0 Å². The van der Waals surface area contributed by atoms with Crippen molar-refractivity contribution in [1.29, 1.82) is 0 Å². The van der Waals surface area contributed by atoms with Crippen molar-refractivity contribution in [2.24, 2.45) is 0 Å². The van der Waals surface area contributed by atoms with Crippen LogP contribution in [0.15, 0.2) is 35.5 Å². The van der Waals surface area contributed by atoms with Crippen molar-refractivity contribution in [3.05, 3.63) is 35.5 Å². The highest BCUT2D eigenvalue weighted by atomic mass is 16.1. The van der Waals surface area contributed by atoms with Gasteiger partial charge in [0.25, 0.3) is 0 Å². The molecular formula is C14H22O. The molecule has 0 spiro atoms. The first-order chi connectivity index (χ1) is 7.06. The van der Waals surface area contributed by atoms with E-state index < -0.39 is 0 Å². The molecule has 84 valence electrons. The van der Waals surface area contributed by atoms with E-state index in [1.807, 2.05) is 0 Å². The van der Waals surface area contributed by atoms with Crippen LogP contribution in [0.2, 0.25) is 0 Å². The molecule has 0 N–H and O–H groups in total. The first kappa shape index (κ1) is 13.9. The number of aldehydes is 1. The van der Waals surface area contributed by atoms with Crippen LogP contribution < -0.4 is 0 Å². The minimum absolute atomic E-state index is 0.684. The Morgan fingerprint density at radius 1 is 1.07 bits per heavy atom. The molecule has 0 saturated heterocycles. The van der Waals surface area contributed by atoms with E-state index in [9.17, 15) is 4.79 Å². The Balaban J connectivity index is 3.74. The molecule has 15 heavy (non-hydrogen) atoms. The third-order valence-corrected chi connectivity index (χ3v) is 2.22. The minimum atomic E-state index is 0.684. The molecule has 0 saturated carbocycles. The van der Waals surface area contributed by atoms with Crippen LogP contribution in [-0.4, -0.2) is 6.29 Å². The fourth-order valence-electron chi connectivity index (χ4n) is 1.25. The van der Waals surface area contributed by atoms with Crippen LogP contribution in [0.1, 0.15) is 46.5 Å². The average molecular weight is 206 g/mol. The molecule has 0 rings (SSSR count). The van der Waals surface area contributed by atoms with Crippen LogP contribution in [0.25, 0.3) is 0 Å². The van der Waals surface area contributed by atoms with Crippen molar-refractivity contribution in [2.45, 2.75) is 46.5 Å². The SMILES string of the molecule is C=C(C=O)CC/C=C(/C)CCC=C(C)C. The fraction of sp³-hybridized carbons (Fsp3) is 0.500. The van der Waals surface area contributed by atoms with E-state index in [4.69, 9.17) is 0 Å². The highest BCUT2D eigenvalue weighted by Crippen LogP contribution is 2.09. The molecule has 0 amide bonds. The monoisotopic (exact) mass is 206 g/mol. The summed E-state index contributed by atoms with van der Waals surface area (Å²) in [7, 11) is 0. The first-order valence-electron chi connectivity index (χ1n) is 5.48. The lowest BCUT2D eigenvalue weighted by atomic mass is 10.1. The van der Waals surface area contributed by atoms with Gasteiger partial charge in [0.15, 0.2) is 0 Å². The third-order valence-electron chi connectivity index (χ3n) is 2.22. The molecule has 0 aliphatic rings.